The highest BCUT2D eigenvalue weighted by Crippen LogP contribution is 2.32. The Hall–Kier alpha value is -2.12. The van der Waals surface area contributed by atoms with Crippen LogP contribution in [0.15, 0.2) is 35.5 Å². The number of allylic oxidation sites excluding steroid dienone is 1. The van der Waals surface area contributed by atoms with Gasteiger partial charge in [0, 0.05) is 19.4 Å². The summed E-state index contributed by atoms with van der Waals surface area (Å²) in [6.45, 7) is 7.84. The number of carbonyl (C=O) groups is 1. The number of hydrogen-bond acceptors (Lipinski definition) is 5. The highest BCUT2D eigenvalue weighted by atomic mass is 32.1. The van der Waals surface area contributed by atoms with Gasteiger partial charge in [-0.3, -0.25) is 0 Å². The van der Waals surface area contributed by atoms with Gasteiger partial charge in [-0.25, -0.2) is 4.79 Å². The maximum atomic E-state index is 12.8. The van der Waals surface area contributed by atoms with Crippen LogP contribution in [0.3, 0.4) is 0 Å². The number of nitrogens with zero attached hydrogens (tertiary/aromatic N) is 1. The first-order chi connectivity index (χ1) is 13.0. The largest absolute Gasteiger partial charge is 0.494 e. The Balaban J connectivity index is 2.37. The fourth-order valence-corrected chi connectivity index (χ4v) is 3.35. The zero-order valence-corrected chi connectivity index (χ0v) is 17.2. The van der Waals surface area contributed by atoms with E-state index < -0.39 is 0 Å². The van der Waals surface area contributed by atoms with E-state index >= 15 is 0 Å². The zero-order valence-electron chi connectivity index (χ0n) is 16.4. The SMILES string of the molecule is CCCN1C(=S)N[C@@H](c2ccc(OCC)cc2)C(C(=O)OCCOC)=C1C. The molecule has 1 aromatic carbocycles. The van der Waals surface area contributed by atoms with Crippen molar-refractivity contribution in [3.63, 3.8) is 0 Å². The second-order valence-electron chi connectivity index (χ2n) is 6.16. The van der Waals surface area contributed by atoms with Crippen LogP contribution in [0.5, 0.6) is 5.75 Å². The Kier molecular flexibility index (Phi) is 8.06. The summed E-state index contributed by atoms with van der Waals surface area (Å²) in [5.41, 5.74) is 2.31. The molecule has 2 rings (SSSR count). The highest BCUT2D eigenvalue weighted by molar-refractivity contribution is 7.80. The normalized spacial score (nSPS) is 17.0. The van der Waals surface area contributed by atoms with Gasteiger partial charge in [-0.1, -0.05) is 19.1 Å². The number of benzene rings is 1. The summed E-state index contributed by atoms with van der Waals surface area (Å²) in [6.07, 6.45) is 0.916. The van der Waals surface area contributed by atoms with Gasteiger partial charge in [0.2, 0.25) is 0 Å². The van der Waals surface area contributed by atoms with Crippen LogP contribution in [-0.2, 0) is 14.3 Å². The van der Waals surface area contributed by atoms with Crippen molar-refractivity contribution in [3.8, 4) is 5.75 Å². The third kappa shape index (κ3) is 5.20. The van der Waals surface area contributed by atoms with Gasteiger partial charge in [0.25, 0.3) is 0 Å². The molecule has 0 bridgehead atoms. The molecule has 1 aromatic rings. The predicted octanol–water partition coefficient (Wildman–Crippen LogP) is 3.19. The summed E-state index contributed by atoms with van der Waals surface area (Å²) in [6, 6.07) is 7.31. The van der Waals surface area contributed by atoms with Crippen molar-refractivity contribution in [1.29, 1.82) is 0 Å². The number of thiocarbonyl (C=S) groups is 1. The van der Waals surface area contributed by atoms with Crippen LogP contribution in [0.1, 0.15) is 38.8 Å². The zero-order chi connectivity index (χ0) is 19.8. The van der Waals surface area contributed by atoms with Crippen molar-refractivity contribution < 1.29 is 19.0 Å². The van der Waals surface area contributed by atoms with Crippen LogP contribution in [0.4, 0.5) is 0 Å². The van der Waals surface area contributed by atoms with Crippen molar-refractivity contribution in [2.75, 3.05) is 33.5 Å². The van der Waals surface area contributed by atoms with E-state index in [1.54, 1.807) is 7.11 Å². The van der Waals surface area contributed by atoms with Crippen LogP contribution >= 0.6 is 12.2 Å². The first-order valence-electron chi connectivity index (χ1n) is 9.21. The Bertz CT molecular complexity index is 688. The molecular weight excluding hydrogens is 364 g/mol. The molecule has 0 unspecified atom stereocenters. The van der Waals surface area contributed by atoms with E-state index in [2.05, 4.69) is 12.2 Å². The van der Waals surface area contributed by atoms with Gasteiger partial charge in [-0.05, 0) is 50.2 Å². The number of esters is 1. The van der Waals surface area contributed by atoms with Crippen LogP contribution in [-0.4, -0.2) is 49.5 Å². The molecule has 0 saturated carbocycles. The van der Waals surface area contributed by atoms with Gasteiger partial charge >= 0.3 is 5.97 Å². The van der Waals surface area contributed by atoms with Crippen molar-refractivity contribution in [1.82, 2.24) is 10.2 Å². The minimum atomic E-state index is -0.365. The minimum absolute atomic E-state index is 0.209. The topological polar surface area (TPSA) is 60.0 Å². The lowest BCUT2D eigenvalue weighted by Gasteiger charge is -2.37. The summed E-state index contributed by atoms with van der Waals surface area (Å²) < 4.78 is 15.9. The van der Waals surface area contributed by atoms with Gasteiger partial charge < -0.3 is 24.4 Å². The molecule has 6 nitrogen and oxygen atoms in total. The van der Waals surface area contributed by atoms with Gasteiger partial charge in [0.15, 0.2) is 5.11 Å². The fraction of sp³-hybridized carbons (Fsp3) is 0.500. The number of nitrogens with one attached hydrogen (secondary N) is 1. The molecule has 0 radical (unpaired) electrons. The van der Waals surface area contributed by atoms with E-state index in [1.165, 1.54) is 0 Å². The van der Waals surface area contributed by atoms with Gasteiger partial charge in [0.05, 0.1) is 24.8 Å². The summed E-state index contributed by atoms with van der Waals surface area (Å²) in [5.74, 6) is 0.428. The average Bonchev–Trinajstić information content (AvgIpc) is 2.65. The van der Waals surface area contributed by atoms with Crippen LogP contribution < -0.4 is 10.1 Å². The van der Waals surface area contributed by atoms with Crippen molar-refractivity contribution in [2.24, 2.45) is 0 Å². The number of hydrogen-bond donors (Lipinski definition) is 1. The number of ether oxygens (including phenoxy) is 3. The molecule has 1 atom stereocenters. The van der Waals surface area contributed by atoms with E-state index in [4.69, 9.17) is 26.4 Å². The van der Waals surface area contributed by atoms with Crippen LogP contribution in [0.25, 0.3) is 0 Å². The smallest absolute Gasteiger partial charge is 0.338 e. The first-order valence-corrected chi connectivity index (χ1v) is 9.61. The summed E-state index contributed by atoms with van der Waals surface area (Å²) in [4.78, 5) is 14.8. The molecule has 7 heteroatoms. The van der Waals surface area contributed by atoms with Gasteiger partial charge in [-0.2, -0.15) is 0 Å². The Morgan fingerprint density at radius 1 is 1.22 bits per heavy atom. The maximum absolute atomic E-state index is 12.8. The lowest BCUT2D eigenvalue weighted by atomic mass is 9.95. The van der Waals surface area contributed by atoms with E-state index in [1.807, 2.05) is 43.0 Å². The standard InChI is InChI=1S/C20H28N2O4S/c1-5-11-22-14(3)17(19(23)26-13-12-24-4)18(21-20(22)27)15-7-9-16(10-8-15)25-6-2/h7-10,18H,5-6,11-13H2,1-4H3,(H,21,27)/t18-/m0/s1. The highest BCUT2D eigenvalue weighted by Gasteiger charge is 2.34. The molecule has 0 aromatic heterocycles. The molecule has 1 aliphatic heterocycles. The summed E-state index contributed by atoms with van der Waals surface area (Å²) in [5, 5.41) is 3.91. The van der Waals surface area contributed by atoms with E-state index in [0.717, 1.165) is 30.0 Å². The quantitative estimate of drug-likeness (QED) is 0.393. The lowest BCUT2D eigenvalue weighted by molar-refractivity contribution is -0.140. The van der Waals surface area contributed by atoms with Crippen molar-refractivity contribution in [3.05, 3.63) is 41.1 Å². The second kappa shape index (κ2) is 10.3. The van der Waals surface area contributed by atoms with Crippen LogP contribution in [0.2, 0.25) is 0 Å². The van der Waals surface area contributed by atoms with E-state index in [0.29, 0.717) is 23.9 Å². The maximum Gasteiger partial charge on any atom is 0.338 e. The molecular formula is C20H28N2O4S. The molecule has 0 fully saturated rings. The number of carbonyl (C=O) groups excluding carboxylic acids is 1. The van der Waals surface area contributed by atoms with E-state index in [-0.39, 0.29) is 18.6 Å². The molecule has 27 heavy (non-hydrogen) atoms. The minimum Gasteiger partial charge on any atom is -0.494 e. The second-order valence-corrected chi connectivity index (χ2v) is 6.55. The summed E-state index contributed by atoms with van der Waals surface area (Å²) in [7, 11) is 1.57. The molecule has 0 saturated heterocycles. The Morgan fingerprint density at radius 3 is 2.52 bits per heavy atom. The Morgan fingerprint density at radius 2 is 1.93 bits per heavy atom. The summed E-state index contributed by atoms with van der Waals surface area (Å²) >= 11 is 5.54. The molecule has 0 amide bonds. The molecule has 1 N–H and O–H groups in total. The first kappa shape index (κ1) is 21.2. The van der Waals surface area contributed by atoms with Gasteiger partial charge in [0.1, 0.15) is 12.4 Å². The van der Waals surface area contributed by atoms with Gasteiger partial charge in [-0.15, -0.1) is 0 Å². The molecule has 1 heterocycles. The Labute approximate surface area is 166 Å². The third-order valence-corrected chi connectivity index (χ3v) is 4.65. The van der Waals surface area contributed by atoms with Crippen molar-refractivity contribution >= 4 is 23.3 Å². The molecule has 1 aliphatic rings. The van der Waals surface area contributed by atoms with Crippen molar-refractivity contribution in [2.45, 2.75) is 33.2 Å². The average molecular weight is 393 g/mol. The molecule has 148 valence electrons. The lowest BCUT2D eigenvalue weighted by Crippen LogP contribution is -2.48. The fourth-order valence-electron chi connectivity index (χ4n) is 3.01. The molecule has 0 aliphatic carbocycles. The predicted molar refractivity (Wildman–Crippen MR) is 109 cm³/mol. The number of methoxy groups -OCH3 is 1. The van der Waals surface area contributed by atoms with E-state index in [9.17, 15) is 4.79 Å². The number of rotatable bonds is 9. The monoisotopic (exact) mass is 392 g/mol. The third-order valence-electron chi connectivity index (χ3n) is 4.31. The molecule has 0 spiro atoms. The van der Waals surface area contributed by atoms with Crippen LogP contribution in [0, 0.1) is 0 Å².